The molecular formula is C73H126O17P2. The molecule has 0 aliphatic heterocycles. The number of phosphoric ester groups is 2. The molecule has 5 unspecified atom stereocenters. The van der Waals surface area contributed by atoms with Gasteiger partial charge in [0.2, 0.25) is 0 Å². The van der Waals surface area contributed by atoms with Crippen molar-refractivity contribution in [2.75, 3.05) is 39.6 Å². The lowest BCUT2D eigenvalue weighted by Crippen LogP contribution is -2.30. The zero-order chi connectivity index (χ0) is 67.5. The standard InChI is InChI=1S/C73H126O17P2/c1-5-9-13-17-21-25-29-31-33-35-39-41-45-49-53-57-70(75)83-63-68(89-72(77)59-55-51-47-43-37-27-23-19-15-11-7-3)65-87-91(79,80)85-61-67(74)62-86-92(81,82)88-66-69(90-73(78)60-56-52-48-44-38-28-24-20-16-12-8-4)64-84-71(76)58-54-50-46-42-40-36-34-32-30-26-22-18-14-10-6-2/h9,13,19,21-23,25-26,31-34,39,41,49,53,67-69,74H,5-8,10-12,14-18,20,24,27-30,35-38,40,42-48,50-52,54-66H2,1-4H3,(H,79,80)(H,81,82)/b13-9-,23-19-,25-21-,26-22-,33-31-,34-32-,41-39-,53-49-. The van der Waals surface area contributed by atoms with Gasteiger partial charge in [0, 0.05) is 19.3 Å². The molecule has 5 atom stereocenters. The summed E-state index contributed by atoms with van der Waals surface area (Å²) in [5.74, 6) is -2.34. The number of esters is 4. The topological polar surface area (TPSA) is 237 Å². The van der Waals surface area contributed by atoms with Gasteiger partial charge in [-0.2, -0.15) is 0 Å². The zero-order valence-corrected chi connectivity index (χ0v) is 59.2. The third-order valence-corrected chi connectivity index (χ3v) is 16.5. The fourth-order valence-corrected chi connectivity index (χ4v) is 10.7. The van der Waals surface area contributed by atoms with Crippen molar-refractivity contribution in [2.24, 2.45) is 0 Å². The molecule has 0 aromatic heterocycles. The first-order valence-electron chi connectivity index (χ1n) is 35.5. The average molecular weight is 1340 g/mol. The summed E-state index contributed by atoms with van der Waals surface area (Å²) in [5.41, 5.74) is 0. The summed E-state index contributed by atoms with van der Waals surface area (Å²) in [6, 6.07) is 0. The Morgan fingerprint density at radius 2 is 0.620 bits per heavy atom. The molecule has 0 heterocycles. The van der Waals surface area contributed by atoms with Gasteiger partial charge in [-0.05, 0) is 103 Å². The molecule has 0 rings (SSSR count). The molecule has 0 saturated carbocycles. The van der Waals surface area contributed by atoms with E-state index in [0.717, 1.165) is 135 Å². The van der Waals surface area contributed by atoms with Gasteiger partial charge in [-0.1, -0.05) is 253 Å². The minimum absolute atomic E-state index is 0.0647. The van der Waals surface area contributed by atoms with Crippen LogP contribution in [-0.4, -0.2) is 96.7 Å². The first-order chi connectivity index (χ1) is 44.7. The Hall–Kier alpha value is -4.02. The first kappa shape index (κ1) is 88.0. The predicted molar refractivity (Wildman–Crippen MR) is 372 cm³/mol. The Balaban J connectivity index is 5.37. The lowest BCUT2D eigenvalue weighted by atomic mass is 10.1. The number of hydrogen-bond donors (Lipinski definition) is 3. The van der Waals surface area contributed by atoms with Crippen molar-refractivity contribution >= 4 is 39.5 Å². The van der Waals surface area contributed by atoms with Gasteiger partial charge < -0.3 is 33.8 Å². The number of carbonyl (C=O) groups is 4. The summed E-state index contributed by atoms with van der Waals surface area (Å²) in [4.78, 5) is 72.4. The first-order valence-corrected chi connectivity index (χ1v) is 38.5. The second-order valence-electron chi connectivity index (χ2n) is 23.5. The lowest BCUT2D eigenvalue weighted by Gasteiger charge is -2.21. The Morgan fingerprint density at radius 1 is 0.326 bits per heavy atom. The van der Waals surface area contributed by atoms with Gasteiger partial charge in [-0.15, -0.1) is 0 Å². The van der Waals surface area contributed by atoms with Crippen LogP contribution in [0.2, 0.25) is 0 Å². The Kier molecular flexibility index (Phi) is 62.8. The molecule has 0 aliphatic carbocycles. The second kappa shape index (κ2) is 65.6. The van der Waals surface area contributed by atoms with Crippen LogP contribution >= 0.6 is 15.6 Å². The van der Waals surface area contributed by atoms with Gasteiger partial charge in [0.05, 0.1) is 32.8 Å². The highest BCUT2D eigenvalue weighted by atomic mass is 31.2. The largest absolute Gasteiger partial charge is 0.472 e. The number of ether oxygens (including phenoxy) is 4. The number of carbonyl (C=O) groups excluding carboxylic acids is 4. The number of hydrogen-bond acceptors (Lipinski definition) is 15. The molecule has 0 spiro atoms. The number of aliphatic hydroxyl groups excluding tert-OH is 1. The van der Waals surface area contributed by atoms with E-state index in [0.29, 0.717) is 25.7 Å². The SMILES string of the molecule is CC/C=C\C/C=C\C/C=C\C/C=C\C/C=C\CC(=O)OCC(COP(=O)(O)OCC(O)COP(=O)(O)OCC(COC(=O)CCCCCCC/C=C\C/C=C\CCCCC)OC(=O)CCCCCCCCCCCCC)OC(=O)CCCCCCC/C=C\CCCC. The summed E-state index contributed by atoms with van der Waals surface area (Å²) in [5, 5.41) is 10.6. The van der Waals surface area contributed by atoms with Gasteiger partial charge in [0.25, 0.3) is 0 Å². The van der Waals surface area contributed by atoms with E-state index in [4.69, 9.17) is 37.0 Å². The minimum atomic E-state index is -4.99. The number of rotatable bonds is 66. The Morgan fingerprint density at radius 3 is 1.03 bits per heavy atom. The van der Waals surface area contributed by atoms with Gasteiger partial charge in [-0.25, -0.2) is 9.13 Å². The van der Waals surface area contributed by atoms with E-state index in [-0.39, 0.29) is 25.7 Å². The summed E-state index contributed by atoms with van der Waals surface area (Å²) in [6.45, 7) is 4.53. The van der Waals surface area contributed by atoms with E-state index in [9.17, 15) is 43.2 Å². The van der Waals surface area contributed by atoms with Crippen LogP contribution in [0, 0.1) is 0 Å². The highest BCUT2D eigenvalue weighted by Crippen LogP contribution is 2.45. The van der Waals surface area contributed by atoms with E-state index in [1.54, 1.807) is 6.08 Å². The maximum absolute atomic E-state index is 13.0. The smallest absolute Gasteiger partial charge is 0.462 e. The van der Waals surface area contributed by atoms with Crippen LogP contribution in [0.4, 0.5) is 0 Å². The second-order valence-corrected chi connectivity index (χ2v) is 26.4. The van der Waals surface area contributed by atoms with Gasteiger partial charge in [0.1, 0.15) is 19.3 Å². The van der Waals surface area contributed by atoms with Crippen molar-refractivity contribution in [3.63, 3.8) is 0 Å². The van der Waals surface area contributed by atoms with Crippen LogP contribution in [-0.2, 0) is 65.4 Å². The van der Waals surface area contributed by atoms with Crippen LogP contribution < -0.4 is 0 Å². The molecule has 0 fully saturated rings. The van der Waals surface area contributed by atoms with Crippen molar-refractivity contribution in [1.29, 1.82) is 0 Å². The van der Waals surface area contributed by atoms with E-state index < -0.39 is 97.5 Å². The van der Waals surface area contributed by atoms with Crippen LogP contribution in [0.5, 0.6) is 0 Å². The molecule has 0 saturated heterocycles. The highest BCUT2D eigenvalue weighted by Gasteiger charge is 2.30. The summed E-state index contributed by atoms with van der Waals surface area (Å²) in [7, 11) is -9.96. The quantitative estimate of drug-likeness (QED) is 0.0169. The molecule has 0 amide bonds. The number of aliphatic hydroxyl groups is 1. The highest BCUT2D eigenvalue weighted by molar-refractivity contribution is 7.47. The Bertz CT molecular complexity index is 2130. The van der Waals surface area contributed by atoms with Crippen LogP contribution in [0.1, 0.15) is 285 Å². The molecule has 0 aliphatic rings. The van der Waals surface area contributed by atoms with Gasteiger partial charge >= 0.3 is 39.5 Å². The molecule has 0 bridgehead atoms. The molecule has 0 aromatic rings. The molecule has 19 heteroatoms. The van der Waals surface area contributed by atoms with Crippen molar-refractivity contribution < 1.29 is 80.2 Å². The fraction of sp³-hybridized carbons (Fsp3) is 0.726. The van der Waals surface area contributed by atoms with Crippen molar-refractivity contribution in [3.05, 3.63) is 97.2 Å². The van der Waals surface area contributed by atoms with Crippen LogP contribution in [0.3, 0.4) is 0 Å². The summed E-state index contributed by atoms with van der Waals surface area (Å²) >= 11 is 0. The minimum Gasteiger partial charge on any atom is -0.462 e. The fourth-order valence-electron chi connectivity index (χ4n) is 9.13. The zero-order valence-electron chi connectivity index (χ0n) is 57.4. The third kappa shape index (κ3) is 64.7. The third-order valence-electron chi connectivity index (χ3n) is 14.6. The normalized spacial score (nSPS) is 14.6. The number of phosphoric acid groups is 2. The maximum Gasteiger partial charge on any atom is 0.472 e. The van der Waals surface area contributed by atoms with Crippen LogP contribution in [0.25, 0.3) is 0 Å². The van der Waals surface area contributed by atoms with E-state index in [2.05, 4.69) is 101 Å². The predicted octanol–water partition coefficient (Wildman–Crippen LogP) is 19.7. The van der Waals surface area contributed by atoms with Crippen LogP contribution in [0.15, 0.2) is 97.2 Å². The monoisotopic (exact) mass is 1340 g/mol. The number of unbranched alkanes of at least 4 members (excludes halogenated alkanes) is 25. The molecule has 17 nitrogen and oxygen atoms in total. The van der Waals surface area contributed by atoms with E-state index >= 15 is 0 Å². The average Bonchev–Trinajstić information content (AvgIpc) is 2.55. The van der Waals surface area contributed by atoms with Crippen molar-refractivity contribution in [1.82, 2.24) is 0 Å². The Labute approximate surface area is 557 Å². The van der Waals surface area contributed by atoms with Gasteiger partial charge in [0.15, 0.2) is 12.2 Å². The number of allylic oxidation sites excluding steroid dienone is 15. The van der Waals surface area contributed by atoms with Crippen molar-refractivity contribution in [3.8, 4) is 0 Å². The van der Waals surface area contributed by atoms with E-state index in [1.807, 2.05) is 18.2 Å². The maximum atomic E-state index is 13.0. The molecule has 92 heavy (non-hydrogen) atoms. The summed E-state index contributed by atoms with van der Waals surface area (Å²) in [6.07, 6.45) is 66.0. The molecule has 0 aromatic carbocycles. The molecular weight excluding hydrogens is 1210 g/mol. The molecule has 530 valence electrons. The summed E-state index contributed by atoms with van der Waals surface area (Å²) < 4.78 is 68.0. The van der Waals surface area contributed by atoms with Crippen molar-refractivity contribution in [2.45, 2.75) is 303 Å². The van der Waals surface area contributed by atoms with E-state index in [1.165, 1.54) is 70.6 Å². The lowest BCUT2D eigenvalue weighted by molar-refractivity contribution is -0.161. The van der Waals surface area contributed by atoms with Gasteiger partial charge in [-0.3, -0.25) is 37.3 Å². The molecule has 0 radical (unpaired) electrons. The molecule has 3 N–H and O–H groups in total.